The minimum atomic E-state index is -1.15. The van der Waals surface area contributed by atoms with Gasteiger partial charge in [0.2, 0.25) is 0 Å². The molecule has 4 N–H and O–H groups in total. The molecule has 0 spiro atoms. The maximum absolute atomic E-state index is 9.33. The number of ether oxygens (including phenoxy) is 1. The van der Waals surface area contributed by atoms with Crippen LogP contribution in [0.25, 0.3) is 0 Å². The quantitative estimate of drug-likeness (QED) is 0.373. The molecule has 1 aliphatic rings. The van der Waals surface area contributed by atoms with Crippen molar-refractivity contribution in [1.82, 2.24) is 5.32 Å². The molecule has 0 bridgehead atoms. The van der Waals surface area contributed by atoms with Crippen LogP contribution in [0.5, 0.6) is 0 Å². The van der Waals surface area contributed by atoms with Crippen molar-refractivity contribution in [2.45, 2.75) is 37.6 Å². The molecule has 0 aromatic rings. The van der Waals surface area contributed by atoms with Crippen molar-refractivity contribution < 1.29 is 20.1 Å². The Balaban J connectivity index is 2.63. The normalized spacial score (nSPS) is 49.2. The van der Waals surface area contributed by atoms with E-state index in [0.29, 0.717) is 0 Å². The molecule has 0 radical (unpaired) electrons. The molecule has 0 saturated carbocycles. The highest BCUT2D eigenvalue weighted by molar-refractivity contribution is 4.88. The fraction of sp³-hybridized carbons (Fsp3) is 1.00. The summed E-state index contributed by atoms with van der Waals surface area (Å²) < 4.78 is 5.16. The van der Waals surface area contributed by atoms with Gasteiger partial charge in [-0.1, -0.05) is 0 Å². The minimum absolute atomic E-state index is 0.471. The van der Waals surface area contributed by atoms with E-state index in [1.54, 1.807) is 14.0 Å². The van der Waals surface area contributed by atoms with Crippen molar-refractivity contribution in [3.8, 4) is 0 Å². The lowest BCUT2D eigenvalue weighted by molar-refractivity contribution is -0.223. The minimum Gasteiger partial charge on any atom is -0.388 e. The fourth-order valence-corrected chi connectivity index (χ4v) is 1.29. The summed E-state index contributed by atoms with van der Waals surface area (Å²) in [5.41, 5.74) is 0. The van der Waals surface area contributed by atoms with Crippen LogP contribution in [-0.2, 0) is 4.74 Å². The van der Waals surface area contributed by atoms with Crippen molar-refractivity contribution in [1.29, 1.82) is 0 Å². The molecule has 0 aliphatic carbocycles. The van der Waals surface area contributed by atoms with E-state index in [4.69, 9.17) is 4.74 Å². The predicted octanol–water partition coefficient (Wildman–Crippen LogP) is -1.97. The van der Waals surface area contributed by atoms with E-state index >= 15 is 0 Å². The second kappa shape index (κ2) is 3.68. The summed E-state index contributed by atoms with van der Waals surface area (Å²) in [7, 11) is 1.62. The summed E-state index contributed by atoms with van der Waals surface area (Å²) >= 11 is 0. The second-order valence-corrected chi connectivity index (χ2v) is 3.02. The van der Waals surface area contributed by atoms with Crippen LogP contribution >= 0.6 is 0 Å². The van der Waals surface area contributed by atoms with Crippen molar-refractivity contribution in [2.75, 3.05) is 7.05 Å². The summed E-state index contributed by atoms with van der Waals surface area (Å²) in [6, 6.07) is 0. The molecule has 1 aliphatic heterocycles. The monoisotopic (exact) mass is 177 g/mol. The molecule has 1 rings (SSSR count). The van der Waals surface area contributed by atoms with E-state index in [9.17, 15) is 15.3 Å². The van der Waals surface area contributed by atoms with E-state index in [2.05, 4.69) is 5.32 Å². The maximum Gasteiger partial charge on any atom is 0.137 e. The molecular formula is C7H15NO4. The van der Waals surface area contributed by atoms with Crippen LogP contribution in [0.15, 0.2) is 0 Å². The largest absolute Gasteiger partial charge is 0.388 e. The zero-order valence-corrected chi connectivity index (χ0v) is 7.14. The highest BCUT2D eigenvalue weighted by atomic mass is 16.5. The average Bonchev–Trinajstić information content (AvgIpc) is 2.08. The summed E-state index contributed by atoms with van der Waals surface area (Å²) in [5.74, 6) is 0. The fourth-order valence-electron chi connectivity index (χ4n) is 1.29. The van der Waals surface area contributed by atoms with Crippen LogP contribution in [0.4, 0.5) is 0 Å². The number of nitrogens with one attached hydrogen (secondary N) is 1. The van der Waals surface area contributed by atoms with Gasteiger partial charge in [-0.25, -0.2) is 0 Å². The second-order valence-electron chi connectivity index (χ2n) is 3.02. The van der Waals surface area contributed by atoms with Gasteiger partial charge in [-0.3, -0.25) is 5.32 Å². The molecule has 1 fully saturated rings. The summed E-state index contributed by atoms with van der Waals surface area (Å²) in [6.45, 7) is 1.64. The van der Waals surface area contributed by atoms with Gasteiger partial charge >= 0.3 is 0 Å². The zero-order valence-electron chi connectivity index (χ0n) is 7.14. The van der Waals surface area contributed by atoms with Crippen molar-refractivity contribution in [3.05, 3.63) is 0 Å². The third-order valence-corrected chi connectivity index (χ3v) is 2.14. The number of aliphatic hydroxyl groups excluding tert-OH is 3. The first-order valence-electron chi connectivity index (χ1n) is 3.95. The smallest absolute Gasteiger partial charge is 0.137 e. The Kier molecular flexibility index (Phi) is 3.03. The number of hydrogen-bond donors (Lipinski definition) is 4. The Morgan fingerprint density at radius 3 is 2.17 bits per heavy atom. The summed E-state index contributed by atoms with van der Waals surface area (Å²) in [6.07, 6.45) is -4.34. The van der Waals surface area contributed by atoms with Gasteiger partial charge in [0, 0.05) is 0 Å². The summed E-state index contributed by atoms with van der Waals surface area (Å²) in [5, 5.41) is 30.6. The molecule has 5 nitrogen and oxygen atoms in total. The molecule has 12 heavy (non-hydrogen) atoms. The van der Waals surface area contributed by atoms with Gasteiger partial charge in [-0.05, 0) is 14.0 Å². The molecule has 0 aromatic carbocycles. The van der Waals surface area contributed by atoms with E-state index in [1.165, 1.54) is 0 Å². The zero-order chi connectivity index (χ0) is 9.30. The SMILES string of the molecule is CN[C@H]1O[C@@H](C)[C@@H](O)[C@@H](O)[C@@H]1O. The molecule has 5 atom stereocenters. The van der Waals surface area contributed by atoms with Crippen LogP contribution in [-0.4, -0.2) is 53.0 Å². The lowest BCUT2D eigenvalue weighted by atomic mass is 9.99. The highest BCUT2D eigenvalue weighted by Crippen LogP contribution is 2.18. The van der Waals surface area contributed by atoms with Crippen molar-refractivity contribution in [2.24, 2.45) is 0 Å². The van der Waals surface area contributed by atoms with Gasteiger partial charge in [-0.15, -0.1) is 0 Å². The Labute approximate surface area is 71.0 Å². The van der Waals surface area contributed by atoms with Crippen LogP contribution in [0.3, 0.4) is 0 Å². The first-order chi connectivity index (χ1) is 5.57. The molecule has 0 unspecified atom stereocenters. The highest BCUT2D eigenvalue weighted by Gasteiger charge is 2.40. The lowest BCUT2D eigenvalue weighted by Crippen LogP contribution is -2.60. The van der Waals surface area contributed by atoms with Gasteiger partial charge in [0.25, 0.3) is 0 Å². The third-order valence-electron chi connectivity index (χ3n) is 2.14. The number of hydrogen-bond acceptors (Lipinski definition) is 5. The molecule has 5 heteroatoms. The van der Waals surface area contributed by atoms with Gasteiger partial charge < -0.3 is 20.1 Å². The Morgan fingerprint density at radius 2 is 1.67 bits per heavy atom. The Morgan fingerprint density at radius 1 is 1.08 bits per heavy atom. The molecular weight excluding hydrogens is 162 g/mol. The predicted molar refractivity (Wildman–Crippen MR) is 41.4 cm³/mol. The van der Waals surface area contributed by atoms with Crippen LogP contribution in [0.2, 0.25) is 0 Å². The van der Waals surface area contributed by atoms with Crippen LogP contribution in [0.1, 0.15) is 6.92 Å². The maximum atomic E-state index is 9.33. The number of likely N-dealkylation sites (N-methyl/N-ethyl adjacent to an activating group) is 1. The molecule has 0 aromatic heterocycles. The van der Waals surface area contributed by atoms with E-state index < -0.39 is 30.6 Å². The van der Waals surface area contributed by atoms with E-state index in [0.717, 1.165) is 0 Å². The van der Waals surface area contributed by atoms with Crippen molar-refractivity contribution in [3.63, 3.8) is 0 Å². The number of rotatable bonds is 1. The van der Waals surface area contributed by atoms with Gasteiger partial charge in [0.05, 0.1) is 6.10 Å². The third kappa shape index (κ3) is 1.60. The first-order valence-corrected chi connectivity index (χ1v) is 3.95. The van der Waals surface area contributed by atoms with Gasteiger partial charge in [0.1, 0.15) is 24.5 Å². The lowest BCUT2D eigenvalue weighted by Gasteiger charge is -2.39. The molecule has 1 heterocycles. The topological polar surface area (TPSA) is 82.0 Å². The van der Waals surface area contributed by atoms with Crippen LogP contribution in [0, 0.1) is 0 Å². The number of aliphatic hydroxyl groups is 3. The van der Waals surface area contributed by atoms with E-state index in [-0.39, 0.29) is 0 Å². The Hall–Kier alpha value is -0.200. The van der Waals surface area contributed by atoms with Crippen LogP contribution < -0.4 is 5.32 Å². The summed E-state index contributed by atoms with van der Waals surface area (Å²) in [4.78, 5) is 0. The van der Waals surface area contributed by atoms with Gasteiger partial charge in [-0.2, -0.15) is 0 Å². The first kappa shape index (κ1) is 9.88. The standard InChI is InChI=1S/C7H15NO4/c1-3-4(9)5(10)6(11)7(8-2)12-3/h3-11H,1-2H3/t3-,4+,5+,6-,7-/m0/s1. The molecule has 72 valence electrons. The van der Waals surface area contributed by atoms with Crippen molar-refractivity contribution >= 4 is 0 Å². The molecule has 1 saturated heterocycles. The van der Waals surface area contributed by atoms with E-state index in [1.807, 2.05) is 0 Å². The Bertz CT molecular complexity index is 150. The van der Waals surface area contributed by atoms with Gasteiger partial charge in [0.15, 0.2) is 0 Å². The average molecular weight is 177 g/mol. The molecule has 0 amide bonds.